The Morgan fingerprint density at radius 2 is 2.05 bits per heavy atom. The number of nitrogens with zero attached hydrogens (tertiary/aromatic N) is 5. The Bertz CT molecular complexity index is 1510. The van der Waals surface area contributed by atoms with Gasteiger partial charge in [-0.05, 0) is 34.1 Å². The molecule has 0 bridgehead atoms. The van der Waals surface area contributed by atoms with E-state index in [1.807, 2.05) is 0 Å². The number of carbonyl (C=O) groups excluding carboxylic acids is 2. The Morgan fingerprint density at radius 1 is 1.24 bits per heavy atom. The van der Waals surface area contributed by atoms with Crippen LogP contribution in [0, 0.1) is 5.82 Å². The second-order valence-electron chi connectivity index (χ2n) is 7.97. The summed E-state index contributed by atoms with van der Waals surface area (Å²) in [4.78, 5) is 37.1. The normalized spacial score (nSPS) is 21.2. The lowest BCUT2D eigenvalue weighted by molar-refractivity contribution is -0.299. The van der Waals surface area contributed by atoms with Crippen molar-refractivity contribution in [3.8, 4) is 0 Å². The third-order valence-corrected chi connectivity index (χ3v) is 6.02. The summed E-state index contributed by atoms with van der Waals surface area (Å²) < 4.78 is 38.9. The summed E-state index contributed by atoms with van der Waals surface area (Å²) >= 11 is 9.06. The fraction of sp³-hybridized carbons (Fsp3) is 0.273. The molecule has 0 spiro atoms. The zero-order chi connectivity index (χ0) is 26.3. The van der Waals surface area contributed by atoms with Gasteiger partial charge in [-0.2, -0.15) is 0 Å². The number of hydrogen-bond acceptors (Lipinski definition) is 11. The molecule has 1 N–H and O–H groups in total. The van der Waals surface area contributed by atoms with Gasteiger partial charge < -0.3 is 24.1 Å². The van der Waals surface area contributed by atoms with Crippen LogP contribution in [-0.2, 0) is 29.7 Å². The van der Waals surface area contributed by atoms with Crippen LogP contribution in [0.3, 0.4) is 0 Å². The van der Waals surface area contributed by atoms with Gasteiger partial charge in [-0.1, -0.05) is 16.8 Å². The number of halogens is 3. The van der Waals surface area contributed by atoms with E-state index in [4.69, 9.17) is 30.3 Å². The molecule has 15 heteroatoms. The molecule has 4 heterocycles. The molecule has 1 fully saturated rings. The number of rotatable bonds is 6. The Hall–Kier alpha value is -3.62. The minimum absolute atomic E-state index is 0.0559. The predicted molar refractivity (Wildman–Crippen MR) is 128 cm³/mol. The van der Waals surface area contributed by atoms with Gasteiger partial charge in [0.05, 0.1) is 5.69 Å². The van der Waals surface area contributed by atoms with E-state index in [1.165, 1.54) is 43.2 Å². The van der Waals surface area contributed by atoms with Gasteiger partial charge >= 0.3 is 17.8 Å². The first kappa shape index (κ1) is 25.0. The fourth-order valence-electron chi connectivity index (χ4n) is 4.02. The number of imidazole rings is 1. The van der Waals surface area contributed by atoms with Crippen LogP contribution in [0.5, 0.6) is 0 Å². The van der Waals surface area contributed by atoms with Crippen LogP contribution in [0.4, 0.5) is 15.9 Å². The maximum atomic E-state index is 14.4. The van der Waals surface area contributed by atoms with Crippen molar-refractivity contribution in [1.29, 1.82) is 0 Å². The highest BCUT2D eigenvalue weighted by molar-refractivity contribution is 9.10. The van der Waals surface area contributed by atoms with Crippen molar-refractivity contribution in [1.82, 2.24) is 24.7 Å². The van der Waals surface area contributed by atoms with Crippen LogP contribution in [0.15, 0.2) is 46.0 Å². The number of fused-ring (bicyclic) bond motifs is 1. The first-order chi connectivity index (χ1) is 17.7. The summed E-state index contributed by atoms with van der Waals surface area (Å²) in [5, 5.41) is 6.88. The standard InChI is InChI=1S/C22H17BrClFN6O6/c1-10(32)34-17-6-15(16-7-18(23)30-37-16)36-22(17,35-11(2)33)31-9-28-19-20(26-8-27-21(19)31)29-14-4-3-12(24)5-13(14)25/h3-5,7-9,15,17H,6H2,1-2H3,(H,26,27,29). The molecular weight excluding hydrogens is 579 g/mol. The summed E-state index contributed by atoms with van der Waals surface area (Å²) in [5.41, 5.74) is 0.434. The zero-order valence-corrected chi connectivity index (χ0v) is 21.5. The predicted octanol–water partition coefficient (Wildman–Crippen LogP) is 4.38. The summed E-state index contributed by atoms with van der Waals surface area (Å²) in [6.45, 7) is 2.40. The van der Waals surface area contributed by atoms with Gasteiger partial charge in [0.2, 0.25) is 0 Å². The highest BCUT2D eigenvalue weighted by Gasteiger charge is 2.58. The number of ether oxygens (including phenoxy) is 3. The van der Waals surface area contributed by atoms with Crippen LogP contribution < -0.4 is 5.32 Å². The average molecular weight is 596 g/mol. The molecule has 0 radical (unpaired) electrons. The van der Waals surface area contributed by atoms with Crippen LogP contribution in [0.2, 0.25) is 5.02 Å². The molecule has 0 aliphatic carbocycles. The lowest BCUT2D eigenvalue weighted by Gasteiger charge is -2.33. The third-order valence-electron chi connectivity index (χ3n) is 5.41. The van der Waals surface area contributed by atoms with E-state index in [-0.39, 0.29) is 34.1 Å². The number of aromatic nitrogens is 5. The first-order valence-electron chi connectivity index (χ1n) is 10.7. The maximum Gasteiger partial charge on any atom is 0.343 e. The van der Waals surface area contributed by atoms with E-state index in [0.29, 0.717) is 10.4 Å². The number of nitrogens with one attached hydrogen (secondary N) is 1. The number of anilines is 2. The monoisotopic (exact) mass is 594 g/mol. The smallest absolute Gasteiger partial charge is 0.343 e. The minimum Gasteiger partial charge on any atom is -0.453 e. The summed E-state index contributed by atoms with van der Waals surface area (Å²) in [6.07, 6.45) is 0.614. The molecule has 1 saturated heterocycles. The largest absolute Gasteiger partial charge is 0.453 e. The highest BCUT2D eigenvalue weighted by Crippen LogP contribution is 2.47. The molecule has 3 atom stereocenters. The molecule has 3 unspecified atom stereocenters. The molecule has 1 aliphatic rings. The van der Waals surface area contributed by atoms with Crippen LogP contribution in [0.1, 0.15) is 32.1 Å². The van der Waals surface area contributed by atoms with Gasteiger partial charge in [0, 0.05) is 31.4 Å². The molecule has 5 rings (SSSR count). The second kappa shape index (κ2) is 9.68. The number of hydrogen-bond donors (Lipinski definition) is 1. The van der Waals surface area contributed by atoms with Crippen molar-refractivity contribution in [2.75, 3.05) is 5.32 Å². The van der Waals surface area contributed by atoms with E-state index in [0.717, 1.165) is 6.07 Å². The summed E-state index contributed by atoms with van der Waals surface area (Å²) in [5.74, 6) is -3.52. The molecular formula is C22H17BrClFN6O6. The summed E-state index contributed by atoms with van der Waals surface area (Å²) in [7, 11) is 0. The van der Waals surface area contributed by atoms with Gasteiger partial charge in [-0.3, -0.25) is 9.59 Å². The number of esters is 2. The van der Waals surface area contributed by atoms with Crippen molar-refractivity contribution >= 4 is 62.1 Å². The van der Waals surface area contributed by atoms with E-state index in [2.05, 4.69) is 41.4 Å². The SMILES string of the molecule is CC(=O)OC1CC(c2cc(Br)no2)OC1(OC(C)=O)n1cnc2c(Nc3ccc(Cl)cc3F)ncnc21. The van der Waals surface area contributed by atoms with Crippen molar-refractivity contribution in [3.05, 3.63) is 58.1 Å². The Labute approximate surface area is 221 Å². The topological polar surface area (TPSA) is 143 Å². The zero-order valence-electron chi connectivity index (χ0n) is 19.1. The first-order valence-corrected chi connectivity index (χ1v) is 11.9. The maximum absolute atomic E-state index is 14.4. The lowest BCUT2D eigenvalue weighted by atomic mass is 10.1. The van der Waals surface area contributed by atoms with Crippen LogP contribution >= 0.6 is 27.5 Å². The molecule has 0 saturated carbocycles. The van der Waals surface area contributed by atoms with Gasteiger partial charge in [-0.25, -0.2) is 23.9 Å². The Morgan fingerprint density at radius 3 is 2.73 bits per heavy atom. The van der Waals surface area contributed by atoms with Crippen LogP contribution in [-0.4, -0.2) is 42.7 Å². The van der Waals surface area contributed by atoms with Crippen molar-refractivity contribution < 1.29 is 32.7 Å². The van der Waals surface area contributed by atoms with Crippen molar-refractivity contribution in [3.63, 3.8) is 0 Å². The average Bonchev–Trinajstić information content (AvgIpc) is 3.53. The molecule has 192 valence electrons. The van der Waals surface area contributed by atoms with E-state index in [1.54, 1.807) is 6.07 Å². The molecule has 0 amide bonds. The van der Waals surface area contributed by atoms with Gasteiger partial charge in [0.25, 0.3) is 0 Å². The minimum atomic E-state index is -2.01. The van der Waals surface area contributed by atoms with Gasteiger partial charge in [0.1, 0.15) is 29.2 Å². The van der Waals surface area contributed by atoms with Crippen molar-refractivity contribution in [2.24, 2.45) is 0 Å². The third kappa shape index (κ3) is 4.74. The summed E-state index contributed by atoms with van der Waals surface area (Å²) in [6, 6.07) is 5.68. The highest BCUT2D eigenvalue weighted by atomic mass is 79.9. The number of benzene rings is 1. The van der Waals surface area contributed by atoms with Gasteiger partial charge in [-0.15, -0.1) is 0 Å². The van der Waals surface area contributed by atoms with Gasteiger partial charge in [0.15, 0.2) is 28.8 Å². The molecule has 1 aromatic carbocycles. The molecule has 12 nitrogen and oxygen atoms in total. The second-order valence-corrected chi connectivity index (χ2v) is 9.22. The molecule has 4 aromatic rings. The quantitative estimate of drug-likeness (QED) is 0.317. The van der Waals surface area contributed by atoms with E-state index >= 15 is 0 Å². The lowest BCUT2D eigenvalue weighted by Crippen LogP contribution is -2.47. The molecule has 37 heavy (non-hydrogen) atoms. The Balaban J connectivity index is 1.62. The molecule has 1 aliphatic heterocycles. The van der Waals surface area contributed by atoms with E-state index in [9.17, 15) is 14.0 Å². The molecule has 3 aromatic heterocycles. The van der Waals surface area contributed by atoms with Crippen molar-refractivity contribution in [2.45, 2.75) is 38.4 Å². The Kier molecular flexibility index (Phi) is 6.56. The number of carbonyl (C=O) groups is 2. The fourth-order valence-corrected chi connectivity index (χ4v) is 4.47. The van der Waals surface area contributed by atoms with Crippen LogP contribution in [0.25, 0.3) is 11.2 Å². The van der Waals surface area contributed by atoms with E-state index < -0.39 is 35.9 Å².